The molecular formula is C8H13NO2. The van der Waals surface area contributed by atoms with Crippen LogP contribution in [0.15, 0.2) is 0 Å². The van der Waals surface area contributed by atoms with Gasteiger partial charge in [0.15, 0.2) is 5.78 Å². The van der Waals surface area contributed by atoms with Crippen LogP contribution in [0.3, 0.4) is 0 Å². The van der Waals surface area contributed by atoms with Gasteiger partial charge in [-0.15, -0.1) is 0 Å². The van der Waals surface area contributed by atoms with Gasteiger partial charge in [-0.1, -0.05) is 0 Å². The predicted octanol–water partition coefficient (Wildman–Crippen LogP) is 0.0501. The molecule has 0 radical (unpaired) electrons. The largest absolute Gasteiger partial charge is 0.379 e. The van der Waals surface area contributed by atoms with E-state index >= 15 is 0 Å². The van der Waals surface area contributed by atoms with E-state index in [1.807, 2.05) is 7.05 Å². The third kappa shape index (κ3) is 0.844. The number of likely N-dealkylation sites (tertiary alicyclic amines) is 1. The molecule has 3 heteroatoms. The summed E-state index contributed by atoms with van der Waals surface area (Å²) >= 11 is 0. The topological polar surface area (TPSA) is 29.5 Å². The minimum absolute atomic E-state index is 0.222. The highest BCUT2D eigenvalue weighted by Crippen LogP contribution is 2.31. The Hall–Kier alpha value is -0.410. The van der Waals surface area contributed by atoms with E-state index in [1.54, 1.807) is 0 Å². The van der Waals surface area contributed by atoms with Gasteiger partial charge in [0.1, 0.15) is 5.54 Å². The van der Waals surface area contributed by atoms with Crippen molar-refractivity contribution in [3.63, 3.8) is 0 Å². The summed E-state index contributed by atoms with van der Waals surface area (Å²) in [5.41, 5.74) is -0.222. The smallest absolute Gasteiger partial charge is 0.156 e. The van der Waals surface area contributed by atoms with Crippen molar-refractivity contribution in [3.05, 3.63) is 0 Å². The van der Waals surface area contributed by atoms with Gasteiger partial charge in [0.25, 0.3) is 0 Å². The lowest BCUT2D eigenvalue weighted by molar-refractivity contribution is -0.124. The number of hydrogen-bond donors (Lipinski definition) is 0. The Labute approximate surface area is 66.3 Å². The van der Waals surface area contributed by atoms with E-state index in [1.165, 1.54) is 0 Å². The standard InChI is InChI=1S/C8H13NO2/c1-9-4-2-7(10)8(9)3-5-11-6-8/h2-6H2,1H3. The Bertz CT molecular complexity index is 185. The second kappa shape index (κ2) is 2.29. The van der Waals surface area contributed by atoms with Crippen molar-refractivity contribution >= 4 is 5.78 Å². The first-order valence-corrected chi connectivity index (χ1v) is 4.08. The number of Topliss-reactive ketones (excluding diaryl/α,β-unsaturated/α-hetero) is 1. The average molecular weight is 155 g/mol. The minimum Gasteiger partial charge on any atom is -0.379 e. The fourth-order valence-electron chi connectivity index (χ4n) is 2.00. The van der Waals surface area contributed by atoms with Crippen LogP contribution in [0.1, 0.15) is 12.8 Å². The van der Waals surface area contributed by atoms with Gasteiger partial charge in [-0.3, -0.25) is 9.69 Å². The van der Waals surface area contributed by atoms with Gasteiger partial charge in [-0.05, 0) is 13.5 Å². The average Bonchev–Trinajstić information content (AvgIpc) is 2.56. The maximum atomic E-state index is 11.5. The van der Waals surface area contributed by atoms with Crippen molar-refractivity contribution in [2.45, 2.75) is 18.4 Å². The number of nitrogens with zero attached hydrogens (tertiary/aromatic N) is 1. The molecule has 2 aliphatic heterocycles. The summed E-state index contributed by atoms with van der Waals surface area (Å²) in [4.78, 5) is 13.6. The molecule has 2 rings (SSSR count). The van der Waals surface area contributed by atoms with E-state index in [-0.39, 0.29) is 5.54 Å². The van der Waals surface area contributed by atoms with Crippen LogP contribution in [-0.4, -0.2) is 43.0 Å². The molecule has 0 saturated carbocycles. The molecule has 0 aliphatic carbocycles. The van der Waals surface area contributed by atoms with Crippen molar-refractivity contribution in [1.82, 2.24) is 4.90 Å². The molecule has 0 N–H and O–H groups in total. The zero-order valence-corrected chi connectivity index (χ0v) is 6.80. The first-order valence-electron chi connectivity index (χ1n) is 4.08. The summed E-state index contributed by atoms with van der Waals surface area (Å²) in [6.07, 6.45) is 1.60. The molecule has 2 heterocycles. The van der Waals surface area contributed by atoms with Crippen LogP contribution in [0.25, 0.3) is 0 Å². The van der Waals surface area contributed by atoms with Crippen molar-refractivity contribution in [2.24, 2.45) is 0 Å². The fourth-order valence-corrected chi connectivity index (χ4v) is 2.00. The number of ketones is 1. The lowest BCUT2D eigenvalue weighted by Gasteiger charge is -2.27. The van der Waals surface area contributed by atoms with E-state index in [4.69, 9.17) is 4.74 Å². The van der Waals surface area contributed by atoms with Crippen LogP contribution in [0, 0.1) is 0 Å². The van der Waals surface area contributed by atoms with E-state index < -0.39 is 0 Å². The van der Waals surface area contributed by atoms with E-state index in [2.05, 4.69) is 4.90 Å². The van der Waals surface area contributed by atoms with Crippen molar-refractivity contribution in [2.75, 3.05) is 26.8 Å². The summed E-state index contributed by atoms with van der Waals surface area (Å²) < 4.78 is 5.26. The first-order chi connectivity index (χ1) is 5.26. The van der Waals surface area contributed by atoms with Crippen LogP contribution < -0.4 is 0 Å². The number of ether oxygens (including phenoxy) is 1. The molecule has 1 atom stereocenters. The molecule has 2 saturated heterocycles. The molecule has 2 fully saturated rings. The lowest BCUT2D eigenvalue weighted by atomic mass is 9.94. The molecule has 0 aromatic rings. The van der Waals surface area contributed by atoms with Crippen LogP contribution in [0.5, 0.6) is 0 Å². The summed E-state index contributed by atoms with van der Waals surface area (Å²) in [6.45, 7) is 2.26. The van der Waals surface area contributed by atoms with E-state index in [9.17, 15) is 4.79 Å². The minimum atomic E-state index is -0.222. The quantitative estimate of drug-likeness (QED) is 0.495. The highest BCUT2D eigenvalue weighted by atomic mass is 16.5. The first kappa shape index (κ1) is 7.25. The van der Waals surface area contributed by atoms with Gasteiger partial charge in [0.2, 0.25) is 0 Å². The van der Waals surface area contributed by atoms with Gasteiger partial charge in [0.05, 0.1) is 6.61 Å². The molecule has 11 heavy (non-hydrogen) atoms. The van der Waals surface area contributed by atoms with Crippen LogP contribution in [0.2, 0.25) is 0 Å². The van der Waals surface area contributed by atoms with Crippen molar-refractivity contribution in [1.29, 1.82) is 0 Å². The third-order valence-corrected chi connectivity index (χ3v) is 2.92. The maximum absolute atomic E-state index is 11.5. The summed E-state index contributed by atoms with van der Waals surface area (Å²) in [7, 11) is 2.01. The van der Waals surface area contributed by atoms with Gasteiger partial charge >= 0.3 is 0 Å². The number of carbonyl (C=O) groups is 1. The Morgan fingerprint density at radius 2 is 2.45 bits per heavy atom. The van der Waals surface area contributed by atoms with E-state index in [0.717, 1.165) is 19.6 Å². The number of hydrogen-bond acceptors (Lipinski definition) is 3. The molecule has 0 aromatic heterocycles. The zero-order chi connectivity index (χ0) is 7.90. The monoisotopic (exact) mass is 155 g/mol. The molecule has 0 bridgehead atoms. The highest BCUT2D eigenvalue weighted by molar-refractivity contribution is 5.91. The normalized spacial score (nSPS) is 39.2. The third-order valence-electron chi connectivity index (χ3n) is 2.92. The van der Waals surface area contributed by atoms with E-state index in [0.29, 0.717) is 18.8 Å². The molecule has 3 nitrogen and oxygen atoms in total. The highest BCUT2D eigenvalue weighted by Gasteiger charge is 2.48. The Morgan fingerprint density at radius 1 is 1.64 bits per heavy atom. The summed E-state index contributed by atoms with van der Waals surface area (Å²) in [5.74, 6) is 0.373. The summed E-state index contributed by atoms with van der Waals surface area (Å²) in [6, 6.07) is 0. The molecule has 62 valence electrons. The molecular weight excluding hydrogens is 142 g/mol. The SMILES string of the molecule is CN1CCC(=O)C12CCOC2. The van der Waals surface area contributed by atoms with Crippen LogP contribution >= 0.6 is 0 Å². The fraction of sp³-hybridized carbons (Fsp3) is 0.875. The predicted molar refractivity (Wildman–Crippen MR) is 40.4 cm³/mol. The Kier molecular flexibility index (Phi) is 1.51. The summed E-state index contributed by atoms with van der Waals surface area (Å²) in [5, 5.41) is 0. The van der Waals surface area contributed by atoms with Gasteiger partial charge in [-0.25, -0.2) is 0 Å². The van der Waals surface area contributed by atoms with Gasteiger partial charge in [0, 0.05) is 19.6 Å². The maximum Gasteiger partial charge on any atom is 0.156 e. The molecule has 2 aliphatic rings. The van der Waals surface area contributed by atoms with Crippen LogP contribution in [0.4, 0.5) is 0 Å². The van der Waals surface area contributed by atoms with Crippen molar-refractivity contribution < 1.29 is 9.53 Å². The van der Waals surface area contributed by atoms with Gasteiger partial charge < -0.3 is 4.74 Å². The second-order valence-corrected chi connectivity index (χ2v) is 3.43. The molecule has 1 spiro atoms. The van der Waals surface area contributed by atoms with Crippen molar-refractivity contribution in [3.8, 4) is 0 Å². The number of rotatable bonds is 0. The lowest BCUT2D eigenvalue weighted by Crippen LogP contribution is -2.46. The Balaban J connectivity index is 2.26. The molecule has 0 amide bonds. The number of likely N-dealkylation sites (N-methyl/N-ethyl adjacent to an activating group) is 1. The zero-order valence-electron chi connectivity index (χ0n) is 6.80. The molecule has 1 unspecified atom stereocenters. The van der Waals surface area contributed by atoms with Crippen LogP contribution in [-0.2, 0) is 9.53 Å². The molecule has 0 aromatic carbocycles. The second-order valence-electron chi connectivity index (χ2n) is 3.43. The Morgan fingerprint density at radius 3 is 2.91 bits per heavy atom. The number of carbonyl (C=O) groups excluding carboxylic acids is 1. The van der Waals surface area contributed by atoms with Gasteiger partial charge in [-0.2, -0.15) is 0 Å².